The number of phenolic OH excluding ortho intramolecular Hbond substituents is 1. The molecule has 9 nitrogen and oxygen atoms in total. The Hall–Kier alpha value is -3.62. The number of aromatic nitrogens is 2. The molecule has 0 fully saturated rings. The maximum atomic E-state index is 11.2. The van der Waals surface area contributed by atoms with Crippen LogP contribution in [0, 0.1) is 10.1 Å². The van der Waals surface area contributed by atoms with Crippen molar-refractivity contribution in [1.29, 1.82) is 0 Å². The minimum Gasteiger partial charge on any atom is -0.508 e. The number of hydrogen-bond donors (Lipinski definition) is 2. The van der Waals surface area contributed by atoms with Crippen LogP contribution in [-0.4, -0.2) is 34.2 Å². The van der Waals surface area contributed by atoms with Crippen molar-refractivity contribution in [3.05, 3.63) is 46.8 Å². The predicted octanol–water partition coefficient (Wildman–Crippen LogP) is 3.00. The first-order chi connectivity index (χ1) is 12.0. The van der Waals surface area contributed by atoms with E-state index >= 15 is 0 Å². The standard InChI is InChI=1S/C16H14N4O5/c1-24-14-6-10-12(7-15(14)25-2)17-8-18-16(10)19-11-4-3-9(21)5-13(11)20(22)23/h3-8,21H,1-2H3,(H,17,18,19). The van der Waals surface area contributed by atoms with E-state index in [2.05, 4.69) is 15.3 Å². The summed E-state index contributed by atoms with van der Waals surface area (Å²) < 4.78 is 10.5. The number of anilines is 2. The van der Waals surface area contributed by atoms with Crippen molar-refractivity contribution in [3.63, 3.8) is 0 Å². The van der Waals surface area contributed by atoms with Crippen LogP contribution in [0.4, 0.5) is 17.2 Å². The van der Waals surface area contributed by atoms with Gasteiger partial charge in [0.15, 0.2) is 11.5 Å². The number of aromatic hydroxyl groups is 1. The SMILES string of the molecule is COc1cc2ncnc(Nc3ccc(O)cc3[N+](=O)[O-])c2cc1OC. The van der Waals surface area contributed by atoms with Crippen LogP contribution in [0.2, 0.25) is 0 Å². The molecule has 0 aliphatic rings. The molecule has 0 aliphatic heterocycles. The van der Waals surface area contributed by atoms with Crippen LogP contribution in [0.5, 0.6) is 17.2 Å². The Labute approximate surface area is 142 Å². The molecule has 2 N–H and O–H groups in total. The molecule has 0 radical (unpaired) electrons. The van der Waals surface area contributed by atoms with Crippen LogP contribution < -0.4 is 14.8 Å². The average Bonchev–Trinajstić information content (AvgIpc) is 2.62. The average molecular weight is 342 g/mol. The molecule has 2 aromatic carbocycles. The lowest BCUT2D eigenvalue weighted by Crippen LogP contribution is -2.00. The summed E-state index contributed by atoms with van der Waals surface area (Å²) in [7, 11) is 3.02. The fourth-order valence-electron chi connectivity index (χ4n) is 2.39. The molecule has 0 amide bonds. The Kier molecular flexibility index (Phi) is 4.21. The Bertz CT molecular complexity index is 961. The highest BCUT2D eigenvalue weighted by atomic mass is 16.6. The number of nitro benzene ring substituents is 1. The van der Waals surface area contributed by atoms with Crippen molar-refractivity contribution >= 4 is 28.1 Å². The van der Waals surface area contributed by atoms with E-state index in [1.165, 1.54) is 32.7 Å². The minimum absolute atomic E-state index is 0.192. The first-order valence-electron chi connectivity index (χ1n) is 7.14. The molecule has 0 bridgehead atoms. The summed E-state index contributed by atoms with van der Waals surface area (Å²) in [5.41, 5.74) is 0.501. The summed E-state index contributed by atoms with van der Waals surface area (Å²) in [5, 5.41) is 24.2. The van der Waals surface area contributed by atoms with Gasteiger partial charge in [-0.05, 0) is 18.2 Å². The molecule has 128 valence electrons. The highest BCUT2D eigenvalue weighted by Crippen LogP contribution is 2.36. The normalized spacial score (nSPS) is 10.5. The van der Waals surface area contributed by atoms with Crippen molar-refractivity contribution in [3.8, 4) is 17.2 Å². The Morgan fingerprint density at radius 1 is 1.12 bits per heavy atom. The van der Waals surface area contributed by atoms with Gasteiger partial charge in [-0.3, -0.25) is 10.1 Å². The zero-order valence-electron chi connectivity index (χ0n) is 13.4. The van der Waals surface area contributed by atoms with Gasteiger partial charge in [0.1, 0.15) is 23.6 Å². The highest BCUT2D eigenvalue weighted by Gasteiger charge is 2.17. The van der Waals surface area contributed by atoms with Gasteiger partial charge in [-0.1, -0.05) is 0 Å². The monoisotopic (exact) mass is 342 g/mol. The molecule has 0 spiro atoms. The second-order valence-corrected chi connectivity index (χ2v) is 5.03. The third kappa shape index (κ3) is 3.07. The summed E-state index contributed by atoms with van der Waals surface area (Å²) in [6.45, 7) is 0. The lowest BCUT2D eigenvalue weighted by molar-refractivity contribution is -0.384. The van der Waals surface area contributed by atoms with E-state index in [1.807, 2.05) is 0 Å². The second-order valence-electron chi connectivity index (χ2n) is 5.03. The minimum atomic E-state index is -0.588. The molecule has 1 aromatic heterocycles. The number of phenols is 1. The molecule has 0 aliphatic carbocycles. The summed E-state index contributed by atoms with van der Waals surface area (Å²) >= 11 is 0. The maximum Gasteiger partial charge on any atom is 0.296 e. The van der Waals surface area contributed by atoms with Crippen LogP contribution in [0.3, 0.4) is 0 Å². The quantitative estimate of drug-likeness (QED) is 0.412. The summed E-state index contributed by atoms with van der Waals surface area (Å²) in [6.07, 6.45) is 1.34. The molecule has 3 aromatic rings. The van der Waals surface area contributed by atoms with Gasteiger partial charge in [-0.25, -0.2) is 9.97 Å². The number of rotatable bonds is 5. The van der Waals surface area contributed by atoms with E-state index in [-0.39, 0.29) is 17.1 Å². The van der Waals surface area contributed by atoms with Gasteiger partial charge < -0.3 is 19.9 Å². The molecule has 9 heteroatoms. The van der Waals surface area contributed by atoms with Crippen molar-refractivity contribution in [2.45, 2.75) is 0 Å². The third-order valence-electron chi connectivity index (χ3n) is 3.57. The lowest BCUT2D eigenvalue weighted by atomic mass is 10.2. The second kappa shape index (κ2) is 6.48. The molecule has 0 atom stereocenters. The van der Waals surface area contributed by atoms with E-state index in [0.29, 0.717) is 28.2 Å². The van der Waals surface area contributed by atoms with Crippen LogP contribution >= 0.6 is 0 Å². The van der Waals surface area contributed by atoms with Crippen LogP contribution in [0.15, 0.2) is 36.7 Å². The zero-order valence-corrected chi connectivity index (χ0v) is 13.4. The van der Waals surface area contributed by atoms with Crippen molar-refractivity contribution in [2.24, 2.45) is 0 Å². The number of benzene rings is 2. The smallest absolute Gasteiger partial charge is 0.296 e. The number of ether oxygens (including phenoxy) is 2. The first kappa shape index (κ1) is 16.2. The third-order valence-corrected chi connectivity index (χ3v) is 3.57. The van der Waals surface area contributed by atoms with E-state index in [0.717, 1.165) is 6.07 Å². The van der Waals surface area contributed by atoms with Gasteiger partial charge >= 0.3 is 0 Å². The number of nitro groups is 1. The molecule has 3 rings (SSSR count). The molecule has 0 saturated heterocycles. The molecule has 1 heterocycles. The van der Waals surface area contributed by atoms with Crippen LogP contribution in [0.1, 0.15) is 0 Å². The van der Waals surface area contributed by atoms with Gasteiger partial charge in [0.05, 0.1) is 30.7 Å². The Balaban J connectivity index is 2.12. The van der Waals surface area contributed by atoms with Gasteiger partial charge in [-0.15, -0.1) is 0 Å². The van der Waals surface area contributed by atoms with E-state index in [1.54, 1.807) is 12.1 Å². The van der Waals surface area contributed by atoms with E-state index < -0.39 is 4.92 Å². The molecule has 0 saturated carbocycles. The zero-order chi connectivity index (χ0) is 18.0. The van der Waals surface area contributed by atoms with Gasteiger partial charge in [-0.2, -0.15) is 0 Å². The van der Waals surface area contributed by atoms with Gasteiger partial charge in [0.2, 0.25) is 0 Å². The van der Waals surface area contributed by atoms with Gasteiger partial charge in [0, 0.05) is 11.5 Å². The Morgan fingerprint density at radius 3 is 2.52 bits per heavy atom. The van der Waals surface area contributed by atoms with Crippen LogP contribution in [0.25, 0.3) is 10.9 Å². The van der Waals surface area contributed by atoms with Crippen molar-refractivity contribution in [1.82, 2.24) is 9.97 Å². The molecular formula is C16H14N4O5. The number of hydrogen-bond acceptors (Lipinski definition) is 8. The van der Waals surface area contributed by atoms with Gasteiger partial charge in [0.25, 0.3) is 5.69 Å². The predicted molar refractivity (Wildman–Crippen MR) is 90.7 cm³/mol. The van der Waals surface area contributed by atoms with E-state index in [9.17, 15) is 15.2 Å². The van der Waals surface area contributed by atoms with Crippen molar-refractivity contribution < 1.29 is 19.5 Å². The first-order valence-corrected chi connectivity index (χ1v) is 7.14. The number of fused-ring (bicyclic) bond motifs is 1. The topological polar surface area (TPSA) is 120 Å². The largest absolute Gasteiger partial charge is 0.508 e. The molecule has 25 heavy (non-hydrogen) atoms. The summed E-state index contributed by atoms with van der Waals surface area (Å²) in [6, 6.07) is 7.19. The number of nitrogens with one attached hydrogen (secondary N) is 1. The Morgan fingerprint density at radius 2 is 1.84 bits per heavy atom. The number of nitrogens with zero attached hydrogens (tertiary/aromatic N) is 3. The molecule has 0 unspecified atom stereocenters. The van der Waals surface area contributed by atoms with Crippen molar-refractivity contribution in [2.75, 3.05) is 19.5 Å². The summed E-state index contributed by atoms with van der Waals surface area (Å²) in [4.78, 5) is 18.9. The number of methoxy groups -OCH3 is 2. The fourth-order valence-corrected chi connectivity index (χ4v) is 2.39. The maximum absolute atomic E-state index is 11.2. The molecular weight excluding hydrogens is 328 g/mol. The highest BCUT2D eigenvalue weighted by molar-refractivity contribution is 5.93. The van der Waals surface area contributed by atoms with Crippen LogP contribution in [-0.2, 0) is 0 Å². The lowest BCUT2D eigenvalue weighted by Gasteiger charge is -2.12. The van der Waals surface area contributed by atoms with E-state index in [4.69, 9.17) is 9.47 Å². The fraction of sp³-hybridized carbons (Fsp3) is 0.125. The summed E-state index contributed by atoms with van der Waals surface area (Å²) in [5.74, 6) is 1.15.